The Morgan fingerprint density at radius 3 is 2.63 bits per heavy atom. The topological polar surface area (TPSA) is 76.0 Å². The number of carbonyl (C=O) groups excluding carboxylic acids is 2. The molecule has 146 valence electrons. The van der Waals surface area contributed by atoms with Crippen molar-refractivity contribution >= 4 is 34.7 Å². The standard InChI is InChI=1S/C18H22F2N4O2S/c1-11(15(25)23-17(26)21-12-7-3-2-4-8-12)27-18-22-13-9-5-6-10-14(13)24(18)16(19)20/h5-6,9-12,16H,2-4,7-8H2,1H3,(H2,21,23,25,26). The van der Waals surface area contributed by atoms with Crippen LogP contribution in [0, 0.1) is 0 Å². The first-order valence-corrected chi connectivity index (χ1v) is 9.87. The minimum Gasteiger partial charge on any atom is -0.335 e. The molecule has 1 aromatic carbocycles. The number of hydrogen-bond acceptors (Lipinski definition) is 4. The van der Waals surface area contributed by atoms with Crippen molar-refractivity contribution in [3.8, 4) is 0 Å². The highest BCUT2D eigenvalue weighted by atomic mass is 32.2. The van der Waals surface area contributed by atoms with Gasteiger partial charge in [0.15, 0.2) is 5.16 Å². The fourth-order valence-electron chi connectivity index (χ4n) is 3.19. The Labute approximate surface area is 160 Å². The smallest absolute Gasteiger partial charge is 0.321 e. The largest absolute Gasteiger partial charge is 0.335 e. The van der Waals surface area contributed by atoms with E-state index in [-0.39, 0.29) is 11.2 Å². The first kappa shape index (κ1) is 19.6. The number of alkyl halides is 2. The van der Waals surface area contributed by atoms with Crippen LogP contribution in [0.5, 0.6) is 0 Å². The molecule has 0 saturated heterocycles. The number of hydrogen-bond donors (Lipinski definition) is 2. The summed E-state index contributed by atoms with van der Waals surface area (Å²) in [4.78, 5) is 28.5. The molecule has 1 aromatic heterocycles. The van der Waals surface area contributed by atoms with Gasteiger partial charge >= 0.3 is 12.6 Å². The summed E-state index contributed by atoms with van der Waals surface area (Å²) in [5.74, 6) is -0.541. The molecule has 0 radical (unpaired) electrons. The minimum atomic E-state index is -2.77. The number of amides is 3. The summed E-state index contributed by atoms with van der Waals surface area (Å²) in [5, 5.41) is 4.38. The molecule has 0 spiro atoms. The summed E-state index contributed by atoms with van der Waals surface area (Å²) >= 11 is 0.900. The van der Waals surface area contributed by atoms with Crippen LogP contribution >= 0.6 is 11.8 Å². The molecule has 2 aromatic rings. The fraction of sp³-hybridized carbons (Fsp3) is 0.500. The highest BCUT2D eigenvalue weighted by Crippen LogP contribution is 2.31. The number of imidazole rings is 1. The van der Waals surface area contributed by atoms with E-state index in [2.05, 4.69) is 15.6 Å². The highest BCUT2D eigenvalue weighted by Gasteiger charge is 2.24. The van der Waals surface area contributed by atoms with Crippen LogP contribution in [0.2, 0.25) is 0 Å². The lowest BCUT2D eigenvalue weighted by Crippen LogP contribution is -2.47. The van der Waals surface area contributed by atoms with E-state index >= 15 is 0 Å². The van der Waals surface area contributed by atoms with Crippen molar-refractivity contribution in [2.24, 2.45) is 0 Å². The molecule has 2 N–H and O–H groups in total. The monoisotopic (exact) mass is 396 g/mol. The lowest BCUT2D eigenvalue weighted by molar-refractivity contribution is -0.119. The van der Waals surface area contributed by atoms with Crippen molar-refractivity contribution in [3.05, 3.63) is 24.3 Å². The van der Waals surface area contributed by atoms with Gasteiger partial charge in [-0.15, -0.1) is 0 Å². The number of benzene rings is 1. The van der Waals surface area contributed by atoms with Crippen LogP contribution in [0.25, 0.3) is 11.0 Å². The van der Waals surface area contributed by atoms with Crippen LogP contribution in [0.3, 0.4) is 0 Å². The second-order valence-corrected chi connectivity index (χ2v) is 7.90. The van der Waals surface area contributed by atoms with Crippen molar-refractivity contribution in [3.63, 3.8) is 0 Å². The molecule has 6 nitrogen and oxygen atoms in total. The number of fused-ring (bicyclic) bond motifs is 1. The molecule has 1 saturated carbocycles. The SMILES string of the molecule is CC(Sc1nc2ccccc2n1C(F)F)C(=O)NC(=O)NC1CCCCC1. The number of para-hydroxylation sites is 2. The molecule has 1 unspecified atom stereocenters. The van der Waals surface area contributed by atoms with Gasteiger partial charge in [-0.25, -0.2) is 9.78 Å². The van der Waals surface area contributed by atoms with E-state index in [1.165, 1.54) is 0 Å². The maximum atomic E-state index is 13.5. The normalized spacial score (nSPS) is 16.4. The van der Waals surface area contributed by atoms with Gasteiger partial charge in [0.1, 0.15) is 0 Å². The van der Waals surface area contributed by atoms with E-state index in [4.69, 9.17) is 0 Å². The molecule has 1 fully saturated rings. The highest BCUT2D eigenvalue weighted by molar-refractivity contribution is 8.00. The van der Waals surface area contributed by atoms with Crippen molar-refractivity contribution in [2.75, 3.05) is 0 Å². The summed E-state index contributed by atoms with van der Waals surface area (Å²) < 4.78 is 27.7. The summed E-state index contributed by atoms with van der Waals surface area (Å²) in [7, 11) is 0. The van der Waals surface area contributed by atoms with E-state index in [9.17, 15) is 18.4 Å². The van der Waals surface area contributed by atoms with Crippen LogP contribution in [0.15, 0.2) is 29.4 Å². The molecule has 27 heavy (non-hydrogen) atoms. The van der Waals surface area contributed by atoms with Crippen LogP contribution in [-0.2, 0) is 4.79 Å². The van der Waals surface area contributed by atoms with Gasteiger partial charge in [0.2, 0.25) is 5.91 Å². The summed E-state index contributed by atoms with van der Waals surface area (Å²) in [5.41, 5.74) is 0.737. The first-order valence-electron chi connectivity index (χ1n) is 8.99. The van der Waals surface area contributed by atoms with Crippen LogP contribution < -0.4 is 10.6 Å². The third-order valence-electron chi connectivity index (χ3n) is 4.59. The Bertz CT molecular complexity index is 821. The van der Waals surface area contributed by atoms with Crippen molar-refractivity contribution in [2.45, 2.75) is 62.0 Å². The second kappa shape index (κ2) is 8.69. The maximum absolute atomic E-state index is 13.5. The van der Waals surface area contributed by atoms with Crippen molar-refractivity contribution in [1.29, 1.82) is 0 Å². The van der Waals surface area contributed by atoms with Gasteiger partial charge in [-0.05, 0) is 31.9 Å². The number of carbonyl (C=O) groups is 2. The third kappa shape index (κ3) is 4.77. The number of urea groups is 1. The zero-order chi connectivity index (χ0) is 19.4. The van der Waals surface area contributed by atoms with Gasteiger partial charge in [-0.1, -0.05) is 43.2 Å². The van der Waals surface area contributed by atoms with Gasteiger partial charge in [0, 0.05) is 6.04 Å². The fourth-order valence-corrected chi connectivity index (χ4v) is 4.11. The number of rotatable bonds is 5. The van der Waals surface area contributed by atoms with Crippen molar-refractivity contribution in [1.82, 2.24) is 20.2 Å². The molecule has 3 rings (SSSR count). The number of nitrogens with one attached hydrogen (secondary N) is 2. The van der Waals surface area contributed by atoms with E-state index in [1.54, 1.807) is 31.2 Å². The quantitative estimate of drug-likeness (QED) is 0.747. The van der Waals surface area contributed by atoms with Gasteiger partial charge in [-0.3, -0.25) is 14.7 Å². The van der Waals surface area contributed by atoms with Crippen LogP contribution in [0.4, 0.5) is 13.6 Å². The third-order valence-corrected chi connectivity index (χ3v) is 5.65. The molecule has 1 aliphatic carbocycles. The Balaban J connectivity index is 1.63. The van der Waals surface area contributed by atoms with Crippen molar-refractivity contribution < 1.29 is 18.4 Å². The Kier molecular flexibility index (Phi) is 6.30. The average Bonchev–Trinajstić information content (AvgIpc) is 3.00. The van der Waals surface area contributed by atoms with E-state index < -0.39 is 23.7 Å². The van der Waals surface area contributed by atoms with Gasteiger partial charge in [0.25, 0.3) is 0 Å². The number of thioether (sulfide) groups is 1. The van der Waals surface area contributed by atoms with E-state index in [1.807, 2.05) is 0 Å². The molecule has 0 aliphatic heterocycles. The van der Waals surface area contributed by atoms with Gasteiger partial charge < -0.3 is 5.32 Å². The van der Waals surface area contributed by atoms with Gasteiger partial charge in [-0.2, -0.15) is 8.78 Å². The molecule has 1 aliphatic rings. The molecular formula is C18H22F2N4O2S. The molecule has 9 heteroatoms. The first-order chi connectivity index (χ1) is 13.0. The lowest BCUT2D eigenvalue weighted by atomic mass is 9.96. The predicted octanol–water partition coefficient (Wildman–Crippen LogP) is 4.07. The number of aromatic nitrogens is 2. The Morgan fingerprint density at radius 1 is 1.22 bits per heavy atom. The number of nitrogens with zero attached hydrogens (tertiary/aromatic N) is 2. The second-order valence-electron chi connectivity index (χ2n) is 6.59. The zero-order valence-electron chi connectivity index (χ0n) is 15.0. The lowest BCUT2D eigenvalue weighted by Gasteiger charge is -2.23. The average molecular weight is 396 g/mol. The summed E-state index contributed by atoms with van der Waals surface area (Å²) in [6, 6.07) is 6.11. The number of halogens is 2. The zero-order valence-corrected chi connectivity index (χ0v) is 15.8. The molecular weight excluding hydrogens is 374 g/mol. The molecule has 3 amide bonds. The maximum Gasteiger partial charge on any atom is 0.321 e. The molecule has 1 heterocycles. The number of imide groups is 1. The van der Waals surface area contributed by atoms with E-state index in [0.717, 1.165) is 48.4 Å². The molecule has 1 atom stereocenters. The van der Waals surface area contributed by atoms with Gasteiger partial charge in [0.05, 0.1) is 16.3 Å². The molecule has 0 bridgehead atoms. The summed E-state index contributed by atoms with van der Waals surface area (Å²) in [6.45, 7) is -1.21. The summed E-state index contributed by atoms with van der Waals surface area (Å²) in [6.07, 6.45) is 5.11. The van der Waals surface area contributed by atoms with Crippen LogP contribution in [0.1, 0.15) is 45.6 Å². The Morgan fingerprint density at radius 2 is 1.93 bits per heavy atom. The van der Waals surface area contributed by atoms with Crippen LogP contribution in [-0.4, -0.2) is 32.8 Å². The predicted molar refractivity (Wildman–Crippen MR) is 99.9 cm³/mol. The van der Waals surface area contributed by atoms with E-state index in [0.29, 0.717) is 11.0 Å². The Hall–Kier alpha value is -2.16. The minimum absolute atomic E-state index is 0.0431.